The van der Waals surface area contributed by atoms with Crippen LogP contribution in [0.4, 0.5) is 0 Å². The zero-order valence-corrected chi connectivity index (χ0v) is 12.4. The molecule has 7 heteroatoms. The number of nitrogens with one attached hydrogen (secondary N) is 1. The molecule has 0 aliphatic heterocycles. The number of ether oxygens (including phenoxy) is 1. The second-order valence-corrected chi connectivity index (χ2v) is 7.10. The first-order valence-electron chi connectivity index (χ1n) is 5.93. The lowest BCUT2D eigenvalue weighted by atomic mass is 10.2. The Balaban J connectivity index is 2.34. The van der Waals surface area contributed by atoms with Crippen LogP contribution < -0.4 is 16.0 Å². The third-order valence-electron chi connectivity index (χ3n) is 2.57. The summed E-state index contributed by atoms with van der Waals surface area (Å²) in [6.45, 7) is 0.377. The molecule has 1 aromatic rings. The van der Waals surface area contributed by atoms with Crippen LogP contribution in [0.3, 0.4) is 0 Å². The van der Waals surface area contributed by atoms with E-state index in [1.165, 1.54) is 6.26 Å². The molecular formula is C12H19ClN2O3S. The first-order valence-corrected chi connectivity index (χ1v) is 8.37. The molecule has 0 saturated carbocycles. The second-order valence-electron chi connectivity index (χ2n) is 4.40. The Morgan fingerprint density at radius 1 is 1.37 bits per heavy atom. The average Bonchev–Trinajstić information content (AvgIpc) is 2.34. The van der Waals surface area contributed by atoms with Crippen LogP contribution in [0.15, 0.2) is 24.3 Å². The molecule has 0 aliphatic carbocycles. The Bertz CT molecular complexity index is 476. The van der Waals surface area contributed by atoms with Gasteiger partial charge in [-0.2, -0.15) is 0 Å². The Kier molecular flexibility index (Phi) is 6.57. The van der Waals surface area contributed by atoms with Crippen molar-refractivity contribution in [3.05, 3.63) is 29.3 Å². The first-order chi connectivity index (χ1) is 8.90. The summed E-state index contributed by atoms with van der Waals surface area (Å²) in [5.74, 6) is 6.27. The number of hydrazine groups is 1. The van der Waals surface area contributed by atoms with Crippen molar-refractivity contribution in [1.82, 2.24) is 5.43 Å². The molecule has 1 unspecified atom stereocenters. The van der Waals surface area contributed by atoms with Crippen LogP contribution in [0.25, 0.3) is 0 Å². The van der Waals surface area contributed by atoms with E-state index in [4.69, 9.17) is 22.2 Å². The lowest BCUT2D eigenvalue weighted by Crippen LogP contribution is -2.39. The van der Waals surface area contributed by atoms with Gasteiger partial charge in [-0.3, -0.25) is 11.3 Å². The van der Waals surface area contributed by atoms with Crippen molar-refractivity contribution in [3.8, 4) is 5.75 Å². The molecule has 0 radical (unpaired) electrons. The predicted octanol–water partition coefficient (Wildman–Crippen LogP) is 1.38. The summed E-state index contributed by atoms with van der Waals surface area (Å²) >= 11 is 5.77. The van der Waals surface area contributed by atoms with E-state index in [1.54, 1.807) is 24.3 Å². The summed E-state index contributed by atoms with van der Waals surface area (Å²) in [7, 11) is -2.92. The van der Waals surface area contributed by atoms with E-state index in [1.807, 2.05) is 0 Å². The molecule has 0 fully saturated rings. The molecule has 1 rings (SSSR count). The van der Waals surface area contributed by atoms with Gasteiger partial charge in [0.2, 0.25) is 0 Å². The third kappa shape index (κ3) is 7.37. The van der Waals surface area contributed by atoms with Crippen molar-refractivity contribution in [2.45, 2.75) is 18.9 Å². The van der Waals surface area contributed by atoms with Crippen molar-refractivity contribution < 1.29 is 13.2 Å². The van der Waals surface area contributed by atoms with Crippen LogP contribution in [-0.4, -0.2) is 33.1 Å². The summed E-state index contributed by atoms with van der Waals surface area (Å²) in [6, 6.07) is 6.94. The maximum absolute atomic E-state index is 11.0. The molecule has 108 valence electrons. The van der Waals surface area contributed by atoms with Gasteiger partial charge < -0.3 is 4.74 Å². The maximum Gasteiger partial charge on any atom is 0.147 e. The number of rotatable bonds is 8. The fourth-order valence-electron chi connectivity index (χ4n) is 1.53. The summed E-state index contributed by atoms with van der Waals surface area (Å²) in [5.41, 5.74) is 2.62. The van der Waals surface area contributed by atoms with E-state index >= 15 is 0 Å². The largest absolute Gasteiger partial charge is 0.492 e. The van der Waals surface area contributed by atoms with E-state index in [9.17, 15) is 8.42 Å². The minimum atomic E-state index is -2.92. The smallest absolute Gasteiger partial charge is 0.147 e. The summed E-state index contributed by atoms with van der Waals surface area (Å²) < 4.78 is 27.6. The van der Waals surface area contributed by atoms with Gasteiger partial charge in [0.15, 0.2) is 0 Å². The maximum atomic E-state index is 11.0. The van der Waals surface area contributed by atoms with E-state index in [0.717, 1.165) is 0 Å². The van der Waals surface area contributed by atoms with Gasteiger partial charge in [0, 0.05) is 17.0 Å². The molecule has 19 heavy (non-hydrogen) atoms. The van der Waals surface area contributed by atoms with Gasteiger partial charge in [0.05, 0.1) is 6.04 Å². The molecule has 0 aromatic heterocycles. The molecule has 0 aliphatic rings. The summed E-state index contributed by atoms with van der Waals surface area (Å²) in [4.78, 5) is 0. The van der Waals surface area contributed by atoms with E-state index in [0.29, 0.717) is 30.2 Å². The van der Waals surface area contributed by atoms with Gasteiger partial charge in [-0.05, 0) is 37.1 Å². The SMILES string of the molecule is CS(=O)(=O)CCCC(COc1ccc(Cl)cc1)NN. The zero-order chi connectivity index (χ0) is 14.3. The van der Waals surface area contributed by atoms with Crippen molar-refractivity contribution in [1.29, 1.82) is 0 Å². The van der Waals surface area contributed by atoms with Crippen molar-refractivity contribution >= 4 is 21.4 Å². The van der Waals surface area contributed by atoms with Crippen LogP contribution in [0.1, 0.15) is 12.8 Å². The molecule has 1 atom stereocenters. The van der Waals surface area contributed by atoms with Crippen LogP contribution in [-0.2, 0) is 9.84 Å². The number of benzene rings is 1. The van der Waals surface area contributed by atoms with Crippen LogP contribution in [0, 0.1) is 0 Å². The Hall–Kier alpha value is -0.820. The molecule has 0 bridgehead atoms. The Morgan fingerprint density at radius 2 is 2.00 bits per heavy atom. The lowest BCUT2D eigenvalue weighted by Gasteiger charge is -2.16. The number of halogens is 1. The molecule has 0 spiro atoms. The first kappa shape index (κ1) is 16.2. The average molecular weight is 307 g/mol. The number of nitrogens with two attached hydrogens (primary N) is 1. The van der Waals surface area contributed by atoms with Crippen molar-refractivity contribution in [2.24, 2.45) is 5.84 Å². The van der Waals surface area contributed by atoms with Crippen molar-refractivity contribution in [2.75, 3.05) is 18.6 Å². The van der Waals surface area contributed by atoms with E-state index in [2.05, 4.69) is 5.43 Å². The summed E-state index contributed by atoms with van der Waals surface area (Å²) in [6.07, 6.45) is 2.41. The molecule has 3 N–H and O–H groups in total. The molecule has 5 nitrogen and oxygen atoms in total. The van der Waals surface area contributed by atoms with Gasteiger partial charge in [0.1, 0.15) is 22.2 Å². The normalized spacial score (nSPS) is 13.2. The molecule has 0 amide bonds. The van der Waals surface area contributed by atoms with Crippen LogP contribution >= 0.6 is 11.6 Å². The third-order valence-corrected chi connectivity index (χ3v) is 3.85. The molecule has 1 aromatic carbocycles. The highest BCUT2D eigenvalue weighted by molar-refractivity contribution is 7.90. The molecule has 0 heterocycles. The van der Waals surface area contributed by atoms with Crippen molar-refractivity contribution in [3.63, 3.8) is 0 Å². The highest BCUT2D eigenvalue weighted by Crippen LogP contribution is 2.15. The predicted molar refractivity (Wildman–Crippen MR) is 77.0 cm³/mol. The van der Waals surface area contributed by atoms with Gasteiger partial charge in [-0.15, -0.1) is 0 Å². The van der Waals surface area contributed by atoms with Crippen LogP contribution in [0.5, 0.6) is 5.75 Å². The molecular weight excluding hydrogens is 288 g/mol. The van der Waals surface area contributed by atoms with Gasteiger partial charge in [0.25, 0.3) is 0 Å². The van der Waals surface area contributed by atoms with Gasteiger partial charge in [-0.25, -0.2) is 8.42 Å². The topological polar surface area (TPSA) is 81.4 Å². The Labute approximate surface area is 119 Å². The number of hydrogen-bond donors (Lipinski definition) is 2. The highest BCUT2D eigenvalue weighted by Gasteiger charge is 2.10. The van der Waals surface area contributed by atoms with E-state index in [-0.39, 0.29) is 11.8 Å². The molecule has 0 saturated heterocycles. The fraction of sp³-hybridized carbons (Fsp3) is 0.500. The minimum Gasteiger partial charge on any atom is -0.492 e. The zero-order valence-electron chi connectivity index (χ0n) is 10.8. The van der Waals surface area contributed by atoms with E-state index < -0.39 is 9.84 Å². The highest BCUT2D eigenvalue weighted by atomic mass is 35.5. The second kappa shape index (κ2) is 7.69. The Morgan fingerprint density at radius 3 is 2.53 bits per heavy atom. The fourth-order valence-corrected chi connectivity index (χ4v) is 2.35. The van der Waals surface area contributed by atoms with Gasteiger partial charge in [-0.1, -0.05) is 11.6 Å². The summed E-state index contributed by atoms with van der Waals surface area (Å²) in [5, 5.41) is 0.647. The number of hydrogen-bond acceptors (Lipinski definition) is 5. The number of sulfone groups is 1. The van der Waals surface area contributed by atoms with Crippen LogP contribution in [0.2, 0.25) is 5.02 Å². The lowest BCUT2D eigenvalue weighted by molar-refractivity contribution is 0.257. The minimum absolute atomic E-state index is 0.0857. The monoisotopic (exact) mass is 306 g/mol. The van der Waals surface area contributed by atoms with Gasteiger partial charge >= 0.3 is 0 Å². The quantitative estimate of drug-likeness (QED) is 0.560. The standard InChI is InChI=1S/C12H19ClN2O3S/c1-19(16,17)8-2-3-11(15-14)9-18-12-6-4-10(13)5-7-12/h4-7,11,15H,2-3,8-9,14H2,1H3.